The molecule has 5 nitrogen and oxygen atoms in total. The summed E-state index contributed by atoms with van der Waals surface area (Å²) >= 11 is 3.34. The van der Waals surface area contributed by atoms with Crippen LogP contribution in [0.5, 0.6) is 0 Å². The number of carbonyl (C=O) groups is 2. The maximum atomic E-state index is 12.1. The number of methoxy groups -OCH3 is 1. The van der Waals surface area contributed by atoms with Gasteiger partial charge < -0.3 is 15.4 Å². The molecule has 0 atom stereocenters. The summed E-state index contributed by atoms with van der Waals surface area (Å²) in [4.78, 5) is 23.9. The van der Waals surface area contributed by atoms with Crippen LogP contribution in [0.15, 0.2) is 53.0 Å². The van der Waals surface area contributed by atoms with Crippen molar-refractivity contribution in [1.82, 2.24) is 5.32 Å². The number of carbonyl (C=O) groups excluding carboxylic acids is 2. The maximum absolute atomic E-state index is 12.1. The van der Waals surface area contributed by atoms with Crippen molar-refractivity contribution in [2.45, 2.75) is 6.42 Å². The van der Waals surface area contributed by atoms with E-state index in [1.807, 2.05) is 24.3 Å². The second-order valence-electron chi connectivity index (χ2n) is 5.18. The summed E-state index contributed by atoms with van der Waals surface area (Å²) in [5.41, 5.74) is 2.15. The Morgan fingerprint density at radius 3 is 2.33 bits per heavy atom. The lowest BCUT2D eigenvalue weighted by Gasteiger charge is -2.07. The van der Waals surface area contributed by atoms with E-state index < -0.39 is 0 Å². The molecule has 126 valence electrons. The lowest BCUT2D eigenvalue weighted by Crippen LogP contribution is -2.28. The molecule has 0 radical (unpaired) electrons. The van der Waals surface area contributed by atoms with Gasteiger partial charge in [0.05, 0.1) is 13.0 Å². The Morgan fingerprint density at radius 1 is 1.04 bits per heavy atom. The summed E-state index contributed by atoms with van der Waals surface area (Å²) in [7, 11) is 1.59. The normalized spacial score (nSPS) is 10.2. The van der Waals surface area contributed by atoms with E-state index in [-0.39, 0.29) is 11.8 Å². The average Bonchev–Trinajstić information content (AvgIpc) is 2.57. The first-order valence-electron chi connectivity index (χ1n) is 7.50. The number of rotatable bonds is 7. The van der Waals surface area contributed by atoms with Crippen LogP contribution in [0.4, 0.5) is 5.69 Å². The molecule has 0 aliphatic carbocycles. The van der Waals surface area contributed by atoms with Crippen LogP contribution < -0.4 is 10.6 Å². The second-order valence-corrected chi connectivity index (χ2v) is 6.09. The van der Waals surface area contributed by atoms with E-state index in [0.29, 0.717) is 30.8 Å². The third-order valence-corrected chi connectivity index (χ3v) is 3.84. The summed E-state index contributed by atoms with van der Waals surface area (Å²) in [5.74, 6) is -0.230. The van der Waals surface area contributed by atoms with Gasteiger partial charge in [0, 0.05) is 29.4 Å². The highest BCUT2D eigenvalue weighted by Gasteiger charge is 2.07. The highest BCUT2D eigenvalue weighted by molar-refractivity contribution is 9.10. The van der Waals surface area contributed by atoms with E-state index in [9.17, 15) is 9.59 Å². The van der Waals surface area contributed by atoms with Gasteiger partial charge in [-0.3, -0.25) is 9.59 Å². The molecule has 2 aromatic rings. The van der Waals surface area contributed by atoms with Crippen molar-refractivity contribution in [1.29, 1.82) is 0 Å². The third-order valence-electron chi connectivity index (χ3n) is 3.31. The minimum atomic E-state index is -0.174. The molecule has 2 amide bonds. The Morgan fingerprint density at radius 2 is 1.71 bits per heavy atom. The molecule has 24 heavy (non-hydrogen) atoms. The number of hydrogen-bond donors (Lipinski definition) is 2. The summed E-state index contributed by atoms with van der Waals surface area (Å²) < 4.78 is 5.80. The van der Waals surface area contributed by atoms with Gasteiger partial charge in [-0.25, -0.2) is 0 Å². The number of ether oxygens (including phenoxy) is 1. The standard InChI is InChI=1S/C18H19BrN2O3/c1-24-11-10-20-17(22)12-13-2-8-16(9-3-13)21-18(23)14-4-6-15(19)7-5-14/h2-9H,10-12H2,1H3,(H,20,22)(H,21,23). The zero-order valence-electron chi connectivity index (χ0n) is 13.3. The van der Waals surface area contributed by atoms with E-state index in [0.717, 1.165) is 10.0 Å². The number of halogens is 1. The lowest BCUT2D eigenvalue weighted by molar-refractivity contribution is -0.120. The molecule has 0 heterocycles. The Kier molecular flexibility index (Phi) is 6.96. The molecule has 2 N–H and O–H groups in total. The Balaban J connectivity index is 1.88. The molecule has 6 heteroatoms. The van der Waals surface area contributed by atoms with Gasteiger partial charge in [-0.1, -0.05) is 28.1 Å². The van der Waals surface area contributed by atoms with Gasteiger partial charge in [0.2, 0.25) is 5.91 Å². The Labute approximate surface area is 149 Å². The van der Waals surface area contributed by atoms with Crippen molar-refractivity contribution < 1.29 is 14.3 Å². The highest BCUT2D eigenvalue weighted by atomic mass is 79.9. The highest BCUT2D eigenvalue weighted by Crippen LogP contribution is 2.14. The van der Waals surface area contributed by atoms with Gasteiger partial charge in [0.15, 0.2) is 0 Å². The van der Waals surface area contributed by atoms with Crippen LogP contribution in [-0.2, 0) is 16.0 Å². The zero-order chi connectivity index (χ0) is 17.4. The summed E-state index contributed by atoms with van der Waals surface area (Å²) in [5, 5.41) is 5.60. The first-order valence-corrected chi connectivity index (χ1v) is 8.29. The lowest BCUT2D eigenvalue weighted by atomic mass is 10.1. The molecule has 0 fully saturated rings. The SMILES string of the molecule is COCCNC(=O)Cc1ccc(NC(=O)c2ccc(Br)cc2)cc1. The van der Waals surface area contributed by atoms with Crippen molar-refractivity contribution in [3.8, 4) is 0 Å². The predicted molar refractivity (Wildman–Crippen MR) is 97.1 cm³/mol. The van der Waals surface area contributed by atoms with E-state index >= 15 is 0 Å². The fourth-order valence-electron chi connectivity index (χ4n) is 2.05. The van der Waals surface area contributed by atoms with Crippen LogP contribution in [0, 0.1) is 0 Å². The first kappa shape index (κ1) is 18.2. The molecule has 0 aromatic heterocycles. The van der Waals surface area contributed by atoms with Crippen LogP contribution in [0.25, 0.3) is 0 Å². The minimum Gasteiger partial charge on any atom is -0.383 e. The zero-order valence-corrected chi connectivity index (χ0v) is 14.9. The van der Waals surface area contributed by atoms with Gasteiger partial charge in [-0.05, 0) is 42.0 Å². The number of nitrogens with one attached hydrogen (secondary N) is 2. The molecule has 0 unspecified atom stereocenters. The van der Waals surface area contributed by atoms with Gasteiger partial charge in [-0.15, -0.1) is 0 Å². The quantitative estimate of drug-likeness (QED) is 0.714. The van der Waals surface area contributed by atoms with Crippen molar-refractivity contribution in [3.63, 3.8) is 0 Å². The van der Waals surface area contributed by atoms with E-state index in [4.69, 9.17) is 4.74 Å². The molecule has 2 rings (SSSR count). The van der Waals surface area contributed by atoms with Crippen molar-refractivity contribution in [2.75, 3.05) is 25.6 Å². The van der Waals surface area contributed by atoms with Crippen LogP contribution in [0.2, 0.25) is 0 Å². The average molecular weight is 391 g/mol. The number of anilines is 1. The molecule has 0 spiro atoms. The Bertz CT molecular complexity index is 684. The summed E-state index contributed by atoms with van der Waals surface area (Å²) in [6, 6.07) is 14.4. The largest absolute Gasteiger partial charge is 0.383 e. The van der Waals surface area contributed by atoms with E-state index in [1.54, 1.807) is 31.4 Å². The molecule has 0 aliphatic heterocycles. The fraction of sp³-hybridized carbons (Fsp3) is 0.222. The first-order chi connectivity index (χ1) is 11.6. The van der Waals surface area contributed by atoms with Crippen LogP contribution in [0.1, 0.15) is 15.9 Å². The van der Waals surface area contributed by atoms with Crippen LogP contribution in [0.3, 0.4) is 0 Å². The molecular weight excluding hydrogens is 372 g/mol. The molecule has 0 saturated heterocycles. The maximum Gasteiger partial charge on any atom is 0.255 e. The summed E-state index contributed by atoms with van der Waals surface area (Å²) in [6.45, 7) is 0.990. The number of hydrogen-bond acceptors (Lipinski definition) is 3. The molecule has 0 saturated carbocycles. The molecule has 2 aromatic carbocycles. The number of benzene rings is 2. The smallest absolute Gasteiger partial charge is 0.255 e. The molecular formula is C18H19BrN2O3. The van der Waals surface area contributed by atoms with Crippen molar-refractivity contribution in [2.24, 2.45) is 0 Å². The van der Waals surface area contributed by atoms with Gasteiger partial charge >= 0.3 is 0 Å². The van der Waals surface area contributed by atoms with Gasteiger partial charge in [0.1, 0.15) is 0 Å². The fourth-order valence-corrected chi connectivity index (χ4v) is 2.32. The van der Waals surface area contributed by atoms with E-state index in [2.05, 4.69) is 26.6 Å². The minimum absolute atomic E-state index is 0.0568. The molecule has 0 bridgehead atoms. The monoisotopic (exact) mass is 390 g/mol. The van der Waals surface area contributed by atoms with Crippen molar-refractivity contribution in [3.05, 3.63) is 64.1 Å². The topological polar surface area (TPSA) is 67.4 Å². The van der Waals surface area contributed by atoms with Gasteiger partial charge in [0.25, 0.3) is 5.91 Å². The van der Waals surface area contributed by atoms with Gasteiger partial charge in [-0.2, -0.15) is 0 Å². The van der Waals surface area contributed by atoms with E-state index in [1.165, 1.54) is 0 Å². The molecule has 0 aliphatic rings. The Hall–Kier alpha value is -2.18. The second kappa shape index (κ2) is 9.20. The van der Waals surface area contributed by atoms with Crippen molar-refractivity contribution >= 4 is 33.4 Å². The predicted octanol–water partition coefficient (Wildman–Crippen LogP) is 3.01. The van der Waals surface area contributed by atoms with Crippen LogP contribution >= 0.6 is 15.9 Å². The number of amides is 2. The van der Waals surface area contributed by atoms with Crippen LogP contribution in [-0.4, -0.2) is 32.1 Å². The third kappa shape index (κ3) is 5.79. The summed E-state index contributed by atoms with van der Waals surface area (Å²) in [6.07, 6.45) is 0.296.